The molecule has 134 valence electrons. The van der Waals surface area contributed by atoms with Gasteiger partial charge >= 0.3 is 0 Å². The molecule has 0 amide bonds. The molecule has 1 N–H and O–H groups in total. The van der Waals surface area contributed by atoms with E-state index >= 15 is 0 Å². The lowest BCUT2D eigenvalue weighted by Gasteiger charge is -2.11. The zero-order chi connectivity index (χ0) is 18.7. The summed E-state index contributed by atoms with van der Waals surface area (Å²) in [6.07, 6.45) is 1.61. The fourth-order valence-electron chi connectivity index (χ4n) is 2.49. The second-order valence-electron chi connectivity index (χ2n) is 5.78. The second-order valence-corrected chi connectivity index (χ2v) is 7.51. The van der Waals surface area contributed by atoms with E-state index in [1.807, 2.05) is 31.2 Å². The summed E-state index contributed by atoms with van der Waals surface area (Å²) in [7, 11) is -4.21. The van der Waals surface area contributed by atoms with Crippen LogP contribution in [0, 0.1) is 18.6 Å². The molecule has 1 heterocycles. The molecule has 3 aromatic rings. The number of rotatable bonds is 5. The Labute approximate surface area is 150 Å². The van der Waals surface area contributed by atoms with Crippen LogP contribution in [-0.4, -0.2) is 13.4 Å². The molecule has 0 bridgehead atoms. The van der Waals surface area contributed by atoms with Gasteiger partial charge in [-0.2, -0.15) is 0 Å². The number of nitrogens with zero attached hydrogens (tertiary/aromatic N) is 1. The predicted octanol–water partition coefficient (Wildman–Crippen LogP) is 3.81. The molecule has 0 aliphatic heterocycles. The van der Waals surface area contributed by atoms with Crippen LogP contribution < -0.4 is 4.72 Å². The number of aryl methyl sites for hydroxylation is 1. The van der Waals surface area contributed by atoms with Gasteiger partial charge in [-0.1, -0.05) is 35.9 Å². The highest BCUT2D eigenvalue weighted by Gasteiger charge is 2.20. The van der Waals surface area contributed by atoms with E-state index in [4.69, 9.17) is 0 Å². The fraction of sp³-hybridized carbons (Fsp3) is 0.105. The first kappa shape index (κ1) is 18.2. The van der Waals surface area contributed by atoms with Gasteiger partial charge < -0.3 is 0 Å². The Morgan fingerprint density at radius 2 is 1.77 bits per heavy atom. The van der Waals surface area contributed by atoms with Crippen molar-refractivity contribution < 1.29 is 17.2 Å². The summed E-state index contributed by atoms with van der Waals surface area (Å²) in [5.74, 6) is -1.84. The Morgan fingerprint density at radius 3 is 2.50 bits per heavy atom. The van der Waals surface area contributed by atoms with Crippen molar-refractivity contribution >= 4 is 10.0 Å². The number of hydrogen-bond donors (Lipinski definition) is 1. The third-order valence-electron chi connectivity index (χ3n) is 3.85. The highest BCUT2D eigenvalue weighted by Crippen LogP contribution is 2.22. The monoisotopic (exact) mass is 374 g/mol. The molecular formula is C19H16F2N2O2S. The first-order valence-corrected chi connectivity index (χ1v) is 9.31. The number of nitrogens with one attached hydrogen (secondary N) is 1. The molecule has 0 fully saturated rings. The highest BCUT2D eigenvalue weighted by molar-refractivity contribution is 7.89. The molecule has 0 unspecified atom stereocenters. The van der Waals surface area contributed by atoms with E-state index < -0.39 is 26.6 Å². The number of pyridine rings is 1. The fourth-order valence-corrected chi connectivity index (χ4v) is 3.58. The third-order valence-corrected chi connectivity index (χ3v) is 5.27. The lowest BCUT2D eigenvalue weighted by Crippen LogP contribution is -2.24. The van der Waals surface area contributed by atoms with Gasteiger partial charge in [0, 0.05) is 18.3 Å². The molecule has 1 aromatic heterocycles. The molecule has 3 rings (SSSR count). The van der Waals surface area contributed by atoms with Crippen molar-refractivity contribution in [3.05, 3.63) is 83.6 Å². The summed E-state index contributed by atoms with van der Waals surface area (Å²) in [6, 6.07) is 13.4. The molecule has 0 spiro atoms. The molecule has 2 aromatic carbocycles. The number of halogens is 2. The standard InChI is InChI=1S/C19H16F2N2O2S/c1-13-4-6-14(7-5-13)19-15(3-2-10-22-19)12-23-26(24,25)18-11-16(20)8-9-17(18)21/h2-11,23H,12H2,1H3. The number of hydrogen-bond acceptors (Lipinski definition) is 3. The SMILES string of the molecule is Cc1ccc(-c2ncccc2CNS(=O)(=O)c2cc(F)ccc2F)cc1. The van der Waals surface area contributed by atoms with Crippen LogP contribution in [0.1, 0.15) is 11.1 Å². The van der Waals surface area contributed by atoms with Crippen LogP contribution in [0.4, 0.5) is 8.78 Å². The van der Waals surface area contributed by atoms with Crippen LogP contribution in [0.3, 0.4) is 0 Å². The van der Waals surface area contributed by atoms with E-state index in [9.17, 15) is 17.2 Å². The summed E-state index contributed by atoms with van der Waals surface area (Å²) in [5, 5.41) is 0. The molecule has 7 heteroatoms. The Hall–Kier alpha value is -2.64. The van der Waals surface area contributed by atoms with Crippen LogP contribution in [0.5, 0.6) is 0 Å². The van der Waals surface area contributed by atoms with Gasteiger partial charge in [-0.25, -0.2) is 21.9 Å². The van der Waals surface area contributed by atoms with Crippen molar-refractivity contribution in [3.8, 4) is 11.3 Å². The van der Waals surface area contributed by atoms with Gasteiger partial charge in [-0.3, -0.25) is 4.98 Å². The average Bonchev–Trinajstić information content (AvgIpc) is 2.63. The lowest BCUT2D eigenvalue weighted by molar-refractivity contribution is 0.545. The Morgan fingerprint density at radius 1 is 1.04 bits per heavy atom. The highest BCUT2D eigenvalue weighted by atomic mass is 32.2. The maximum Gasteiger partial charge on any atom is 0.243 e. The Bertz CT molecular complexity index is 1040. The second kappa shape index (κ2) is 7.31. The van der Waals surface area contributed by atoms with Crippen molar-refractivity contribution in [1.29, 1.82) is 0 Å². The topological polar surface area (TPSA) is 59.1 Å². The zero-order valence-electron chi connectivity index (χ0n) is 13.9. The van der Waals surface area contributed by atoms with E-state index in [0.717, 1.165) is 23.3 Å². The Balaban J connectivity index is 1.88. The molecule has 0 saturated carbocycles. The molecule has 0 atom stereocenters. The molecule has 26 heavy (non-hydrogen) atoms. The van der Waals surface area contributed by atoms with Gasteiger partial charge in [-0.05, 0) is 36.8 Å². The van der Waals surface area contributed by atoms with E-state index in [1.54, 1.807) is 18.3 Å². The number of sulfonamides is 1. The minimum absolute atomic E-state index is 0.102. The van der Waals surface area contributed by atoms with Crippen LogP contribution in [-0.2, 0) is 16.6 Å². The van der Waals surface area contributed by atoms with Crippen LogP contribution >= 0.6 is 0 Å². The zero-order valence-corrected chi connectivity index (χ0v) is 14.7. The summed E-state index contributed by atoms with van der Waals surface area (Å²) in [4.78, 5) is 3.59. The van der Waals surface area contributed by atoms with E-state index in [-0.39, 0.29) is 6.54 Å². The van der Waals surface area contributed by atoms with Crippen LogP contribution in [0.25, 0.3) is 11.3 Å². The Kier molecular flexibility index (Phi) is 5.11. The molecular weight excluding hydrogens is 358 g/mol. The van der Waals surface area contributed by atoms with Gasteiger partial charge in [0.15, 0.2) is 0 Å². The van der Waals surface area contributed by atoms with Crippen molar-refractivity contribution in [1.82, 2.24) is 9.71 Å². The molecule has 0 aliphatic carbocycles. The van der Waals surface area contributed by atoms with E-state index in [2.05, 4.69) is 9.71 Å². The van der Waals surface area contributed by atoms with Gasteiger partial charge in [-0.15, -0.1) is 0 Å². The number of aromatic nitrogens is 1. The van der Waals surface area contributed by atoms with Crippen molar-refractivity contribution in [2.45, 2.75) is 18.4 Å². The van der Waals surface area contributed by atoms with Crippen molar-refractivity contribution in [2.75, 3.05) is 0 Å². The van der Waals surface area contributed by atoms with Gasteiger partial charge in [0.05, 0.1) is 5.69 Å². The third kappa shape index (κ3) is 3.95. The maximum absolute atomic E-state index is 13.8. The summed E-state index contributed by atoms with van der Waals surface area (Å²) >= 11 is 0. The minimum Gasteiger partial charge on any atom is -0.256 e. The predicted molar refractivity (Wildman–Crippen MR) is 94.8 cm³/mol. The quantitative estimate of drug-likeness (QED) is 0.739. The van der Waals surface area contributed by atoms with Gasteiger partial charge in [0.2, 0.25) is 10.0 Å². The molecule has 0 saturated heterocycles. The minimum atomic E-state index is -4.21. The van der Waals surface area contributed by atoms with Gasteiger partial charge in [0.1, 0.15) is 16.5 Å². The molecule has 4 nitrogen and oxygen atoms in total. The van der Waals surface area contributed by atoms with Crippen molar-refractivity contribution in [2.24, 2.45) is 0 Å². The van der Waals surface area contributed by atoms with E-state index in [1.165, 1.54) is 0 Å². The summed E-state index contributed by atoms with van der Waals surface area (Å²) in [5.41, 5.74) is 3.17. The lowest BCUT2D eigenvalue weighted by atomic mass is 10.0. The molecule has 0 aliphatic rings. The van der Waals surface area contributed by atoms with Crippen molar-refractivity contribution in [3.63, 3.8) is 0 Å². The largest absolute Gasteiger partial charge is 0.256 e. The normalized spacial score (nSPS) is 11.5. The van der Waals surface area contributed by atoms with Gasteiger partial charge in [0.25, 0.3) is 0 Å². The summed E-state index contributed by atoms with van der Waals surface area (Å²) in [6.45, 7) is 1.86. The average molecular weight is 374 g/mol. The molecule has 0 radical (unpaired) electrons. The maximum atomic E-state index is 13.8. The first-order chi connectivity index (χ1) is 12.4. The van der Waals surface area contributed by atoms with E-state index in [0.29, 0.717) is 17.3 Å². The smallest absolute Gasteiger partial charge is 0.243 e. The van der Waals surface area contributed by atoms with Crippen LogP contribution in [0.15, 0.2) is 65.7 Å². The summed E-state index contributed by atoms with van der Waals surface area (Å²) < 4.78 is 54.0. The van der Waals surface area contributed by atoms with Crippen LogP contribution in [0.2, 0.25) is 0 Å². The first-order valence-electron chi connectivity index (χ1n) is 7.82. The number of benzene rings is 2.